The van der Waals surface area contributed by atoms with E-state index in [9.17, 15) is 9.18 Å². The van der Waals surface area contributed by atoms with Gasteiger partial charge in [0.05, 0.1) is 17.8 Å². The molecule has 0 bridgehead atoms. The zero-order valence-electron chi connectivity index (χ0n) is 16.8. The van der Waals surface area contributed by atoms with E-state index in [2.05, 4.69) is 4.90 Å². The lowest BCUT2D eigenvalue weighted by molar-refractivity contribution is 0.240. The number of benzene rings is 2. The van der Waals surface area contributed by atoms with Crippen molar-refractivity contribution in [2.24, 2.45) is 0 Å². The third-order valence-electron chi connectivity index (χ3n) is 5.25. The Balaban J connectivity index is 1.66. The van der Waals surface area contributed by atoms with Gasteiger partial charge in [0.25, 0.3) is 5.56 Å². The smallest absolute Gasteiger partial charge is 0.259 e. The molecule has 4 rings (SSSR count). The second kappa shape index (κ2) is 8.17. The first kappa shape index (κ1) is 19.3. The number of aromatic nitrogens is 2. The SMILES string of the molecule is CN(C)c1nc2c(c(=O)n1Cc1ccccc1)CN(Cc1cccc(F)c1)CC2. The molecule has 0 amide bonds. The predicted molar refractivity (Wildman–Crippen MR) is 113 cm³/mol. The van der Waals surface area contributed by atoms with Crippen molar-refractivity contribution in [2.75, 3.05) is 25.5 Å². The molecule has 0 N–H and O–H groups in total. The van der Waals surface area contributed by atoms with Gasteiger partial charge in [-0.2, -0.15) is 0 Å². The number of hydrogen-bond donors (Lipinski definition) is 0. The van der Waals surface area contributed by atoms with Crippen LogP contribution in [-0.2, 0) is 26.1 Å². The Morgan fingerprint density at radius 2 is 1.79 bits per heavy atom. The molecule has 0 saturated carbocycles. The van der Waals surface area contributed by atoms with Gasteiger partial charge in [-0.05, 0) is 23.3 Å². The highest BCUT2D eigenvalue weighted by Gasteiger charge is 2.24. The molecule has 150 valence electrons. The lowest BCUT2D eigenvalue weighted by atomic mass is 10.1. The standard InChI is InChI=1S/C23H25FN4O/c1-26(2)23-25-21-11-12-27(14-18-9-6-10-19(24)13-18)16-20(21)22(29)28(23)15-17-7-4-3-5-8-17/h3-10,13H,11-12,14-16H2,1-2H3. The van der Waals surface area contributed by atoms with Crippen LogP contribution in [0.4, 0.5) is 10.3 Å². The van der Waals surface area contributed by atoms with Crippen molar-refractivity contribution in [3.63, 3.8) is 0 Å². The van der Waals surface area contributed by atoms with Crippen molar-refractivity contribution in [3.05, 3.63) is 93.2 Å². The van der Waals surface area contributed by atoms with E-state index in [4.69, 9.17) is 4.98 Å². The maximum atomic E-state index is 13.5. The monoisotopic (exact) mass is 392 g/mol. The molecule has 1 aromatic heterocycles. The number of rotatable bonds is 5. The fraction of sp³-hybridized carbons (Fsp3) is 0.304. The summed E-state index contributed by atoms with van der Waals surface area (Å²) in [5.41, 5.74) is 3.60. The van der Waals surface area contributed by atoms with E-state index in [0.29, 0.717) is 32.0 Å². The molecule has 5 nitrogen and oxygen atoms in total. The highest BCUT2D eigenvalue weighted by molar-refractivity contribution is 5.36. The molecule has 0 saturated heterocycles. The Hall–Kier alpha value is -2.99. The first-order valence-electron chi connectivity index (χ1n) is 9.82. The predicted octanol–water partition coefficient (Wildman–Crippen LogP) is 3.06. The Kier molecular flexibility index (Phi) is 5.45. The summed E-state index contributed by atoms with van der Waals surface area (Å²) in [7, 11) is 3.82. The molecule has 29 heavy (non-hydrogen) atoms. The van der Waals surface area contributed by atoms with Crippen molar-refractivity contribution in [3.8, 4) is 0 Å². The molecule has 6 heteroatoms. The van der Waals surface area contributed by atoms with Crippen LogP contribution in [-0.4, -0.2) is 35.1 Å². The summed E-state index contributed by atoms with van der Waals surface area (Å²) >= 11 is 0. The van der Waals surface area contributed by atoms with E-state index in [0.717, 1.165) is 28.9 Å². The van der Waals surface area contributed by atoms with Gasteiger partial charge in [0.2, 0.25) is 5.95 Å². The summed E-state index contributed by atoms with van der Waals surface area (Å²) in [6.07, 6.45) is 0.715. The fourth-order valence-electron chi connectivity index (χ4n) is 3.84. The average molecular weight is 392 g/mol. The largest absolute Gasteiger partial charge is 0.348 e. The van der Waals surface area contributed by atoms with Crippen LogP contribution in [0.5, 0.6) is 0 Å². The van der Waals surface area contributed by atoms with Crippen LogP contribution < -0.4 is 10.5 Å². The van der Waals surface area contributed by atoms with Crippen molar-refractivity contribution < 1.29 is 4.39 Å². The fourth-order valence-corrected chi connectivity index (χ4v) is 3.84. The molecular weight excluding hydrogens is 367 g/mol. The van der Waals surface area contributed by atoms with Crippen LogP contribution in [0.2, 0.25) is 0 Å². The third-order valence-corrected chi connectivity index (χ3v) is 5.25. The molecule has 0 aliphatic carbocycles. The highest BCUT2D eigenvalue weighted by Crippen LogP contribution is 2.20. The van der Waals surface area contributed by atoms with Gasteiger partial charge >= 0.3 is 0 Å². The topological polar surface area (TPSA) is 41.4 Å². The minimum absolute atomic E-state index is 0.00601. The molecular formula is C23H25FN4O. The highest BCUT2D eigenvalue weighted by atomic mass is 19.1. The quantitative estimate of drug-likeness (QED) is 0.669. The molecule has 0 unspecified atom stereocenters. The van der Waals surface area contributed by atoms with Crippen molar-refractivity contribution in [1.82, 2.24) is 14.5 Å². The summed E-state index contributed by atoms with van der Waals surface area (Å²) in [4.78, 5) is 22.3. The molecule has 2 heterocycles. The summed E-state index contributed by atoms with van der Waals surface area (Å²) in [6.45, 7) is 2.42. The van der Waals surface area contributed by atoms with Crippen LogP contribution in [0.25, 0.3) is 0 Å². The molecule has 2 aromatic carbocycles. The maximum Gasteiger partial charge on any atom is 0.259 e. The summed E-state index contributed by atoms with van der Waals surface area (Å²) in [5.74, 6) is 0.443. The maximum absolute atomic E-state index is 13.5. The Morgan fingerprint density at radius 1 is 1.03 bits per heavy atom. The number of nitrogens with zero attached hydrogens (tertiary/aromatic N) is 4. The molecule has 0 atom stereocenters. The van der Waals surface area contributed by atoms with Gasteiger partial charge in [-0.3, -0.25) is 14.3 Å². The van der Waals surface area contributed by atoms with Gasteiger partial charge in [0.1, 0.15) is 5.82 Å². The number of hydrogen-bond acceptors (Lipinski definition) is 4. The second-order valence-electron chi connectivity index (χ2n) is 7.70. The Bertz CT molecular complexity index is 1060. The van der Waals surface area contributed by atoms with Gasteiger partial charge in [-0.15, -0.1) is 0 Å². The summed E-state index contributed by atoms with van der Waals surface area (Å²) in [6, 6.07) is 16.6. The Labute approximate surface area is 170 Å². The number of anilines is 1. The second-order valence-corrected chi connectivity index (χ2v) is 7.70. The first-order valence-corrected chi connectivity index (χ1v) is 9.82. The minimum Gasteiger partial charge on any atom is -0.348 e. The Morgan fingerprint density at radius 3 is 2.52 bits per heavy atom. The van der Waals surface area contributed by atoms with Crippen molar-refractivity contribution in [1.29, 1.82) is 0 Å². The summed E-state index contributed by atoms with van der Waals surface area (Å²) in [5, 5.41) is 0. The van der Waals surface area contributed by atoms with Crippen LogP contribution in [0.15, 0.2) is 59.4 Å². The van der Waals surface area contributed by atoms with Crippen LogP contribution in [0, 0.1) is 5.82 Å². The van der Waals surface area contributed by atoms with Gasteiger partial charge in [0, 0.05) is 40.2 Å². The van der Waals surface area contributed by atoms with Crippen LogP contribution in [0.3, 0.4) is 0 Å². The third kappa shape index (κ3) is 4.22. The normalized spacial score (nSPS) is 13.9. The molecule has 0 fully saturated rings. The van der Waals surface area contributed by atoms with Gasteiger partial charge < -0.3 is 4.90 Å². The van der Waals surface area contributed by atoms with Gasteiger partial charge in [-0.25, -0.2) is 9.37 Å². The van der Waals surface area contributed by atoms with E-state index in [1.165, 1.54) is 6.07 Å². The van der Waals surface area contributed by atoms with E-state index in [1.807, 2.05) is 55.4 Å². The minimum atomic E-state index is -0.234. The van der Waals surface area contributed by atoms with Crippen LogP contribution >= 0.6 is 0 Å². The summed E-state index contributed by atoms with van der Waals surface area (Å²) < 4.78 is 15.3. The number of fused-ring (bicyclic) bond motifs is 1. The molecule has 0 radical (unpaired) electrons. The number of halogens is 1. The van der Waals surface area contributed by atoms with Crippen molar-refractivity contribution in [2.45, 2.75) is 26.1 Å². The van der Waals surface area contributed by atoms with Crippen LogP contribution in [0.1, 0.15) is 22.4 Å². The molecule has 1 aliphatic rings. The van der Waals surface area contributed by atoms with Gasteiger partial charge in [0.15, 0.2) is 0 Å². The van der Waals surface area contributed by atoms with E-state index in [1.54, 1.807) is 16.7 Å². The lowest BCUT2D eigenvalue weighted by Crippen LogP contribution is -2.39. The molecule has 1 aliphatic heterocycles. The molecule has 0 spiro atoms. The molecule has 3 aromatic rings. The lowest BCUT2D eigenvalue weighted by Gasteiger charge is -2.30. The van der Waals surface area contributed by atoms with E-state index < -0.39 is 0 Å². The van der Waals surface area contributed by atoms with Gasteiger partial charge in [-0.1, -0.05) is 42.5 Å². The van der Waals surface area contributed by atoms with E-state index in [-0.39, 0.29) is 11.4 Å². The zero-order chi connectivity index (χ0) is 20.4. The zero-order valence-corrected chi connectivity index (χ0v) is 16.8. The average Bonchev–Trinajstić information content (AvgIpc) is 2.71. The van der Waals surface area contributed by atoms with E-state index >= 15 is 0 Å². The van der Waals surface area contributed by atoms with Crippen molar-refractivity contribution >= 4 is 5.95 Å². The first-order chi connectivity index (χ1) is 14.0.